The zero-order chi connectivity index (χ0) is 25.5. The number of carboxylic acids is 1. The third kappa shape index (κ3) is 6.98. The minimum absolute atomic E-state index is 0.0439. The molecular weight excluding hydrogens is 469 g/mol. The first-order valence-electron chi connectivity index (χ1n) is 12.0. The molecule has 2 N–H and O–H groups in total. The van der Waals surface area contributed by atoms with Crippen LogP contribution in [0.3, 0.4) is 0 Å². The molecule has 36 heavy (non-hydrogen) atoms. The van der Waals surface area contributed by atoms with Crippen LogP contribution in [0.4, 0.5) is 4.39 Å². The van der Waals surface area contributed by atoms with Crippen LogP contribution < -0.4 is 5.32 Å². The fourth-order valence-corrected chi connectivity index (χ4v) is 4.14. The molecule has 10 nitrogen and oxygen atoms in total. The third-order valence-corrected chi connectivity index (χ3v) is 5.94. The minimum Gasteiger partial charge on any atom is -0.475 e. The molecule has 3 aromatic rings. The van der Waals surface area contributed by atoms with Crippen molar-refractivity contribution in [2.75, 3.05) is 32.8 Å². The van der Waals surface area contributed by atoms with Crippen LogP contribution in [0, 0.1) is 5.82 Å². The van der Waals surface area contributed by atoms with E-state index in [0.717, 1.165) is 39.1 Å². The maximum absolute atomic E-state index is 14.7. The Kier molecular flexibility index (Phi) is 8.44. The van der Waals surface area contributed by atoms with Crippen molar-refractivity contribution < 1.29 is 28.2 Å². The Labute approximate surface area is 208 Å². The van der Waals surface area contributed by atoms with Crippen LogP contribution in [0.15, 0.2) is 40.9 Å². The van der Waals surface area contributed by atoms with Crippen LogP contribution in [-0.2, 0) is 22.5 Å². The smallest absolute Gasteiger partial charge is 0.371 e. The molecule has 2 aromatic heterocycles. The van der Waals surface area contributed by atoms with Crippen molar-refractivity contribution in [3.05, 3.63) is 59.4 Å². The van der Waals surface area contributed by atoms with Crippen LogP contribution in [0.1, 0.15) is 41.6 Å². The molecule has 1 amide bonds. The number of carbonyl (C=O) groups is 2. The predicted octanol–water partition coefficient (Wildman–Crippen LogP) is 2.58. The van der Waals surface area contributed by atoms with Gasteiger partial charge in [-0.05, 0) is 50.1 Å². The highest BCUT2D eigenvalue weighted by Crippen LogP contribution is 2.21. The zero-order valence-electron chi connectivity index (χ0n) is 20.2. The number of amides is 1. The topological polar surface area (TPSA) is 123 Å². The summed E-state index contributed by atoms with van der Waals surface area (Å²) in [6, 6.07) is 7.51. The number of hydrogen-bond donors (Lipinski definition) is 2. The van der Waals surface area contributed by atoms with E-state index in [2.05, 4.69) is 27.5 Å². The number of carbonyl (C=O) groups excluding carboxylic acids is 1. The number of halogens is 1. The number of carboxylic acid groups (broad SMARTS) is 1. The van der Waals surface area contributed by atoms with E-state index >= 15 is 0 Å². The lowest BCUT2D eigenvalue weighted by molar-refractivity contribution is -0.120. The van der Waals surface area contributed by atoms with Gasteiger partial charge in [0.1, 0.15) is 23.8 Å². The molecule has 1 fully saturated rings. The highest BCUT2D eigenvalue weighted by Gasteiger charge is 2.16. The quantitative estimate of drug-likeness (QED) is 0.408. The van der Waals surface area contributed by atoms with E-state index in [4.69, 9.17) is 14.3 Å². The van der Waals surface area contributed by atoms with Gasteiger partial charge in [-0.2, -0.15) is 0 Å². The van der Waals surface area contributed by atoms with Gasteiger partial charge in [-0.1, -0.05) is 17.3 Å². The second-order valence-electron chi connectivity index (χ2n) is 8.89. The van der Waals surface area contributed by atoms with E-state index in [1.54, 1.807) is 24.4 Å². The molecule has 1 atom stereocenters. The summed E-state index contributed by atoms with van der Waals surface area (Å²) in [4.78, 5) is 25.6. The van der Waals surface area contributed by atoms with Crippen molar-refractivity contribution in [3.63, 3.8) is 0 Å². The highest BCUT2D eigenvalue weighted by molar-refractivity contribution is 5.84. The maximum Gasteiger partial charge on any atom is 0.371 e. The van der Waals surface area contributed by atoms with Crippen molar-refractivity contribution >= 4 is 11.9 Å². The Morgan fingerprint density at radius 3 is 2.92 bits per heavy atom. The molecule has 1 aromatic carbocycles. The number of hydrogen-bond acceptors (Lipinski definition) is 7. The summed E-state index contributed by atoms with van der Waals surface area (Å²) in [6.07, 6.45) is 3.63. The second kappa shape index (κ2) is 11.9. The van der Waals surface area contributed by atoms with Crippen molar-refractivity contribution in [3.8, 4) is 11.3 Å². The second-order valence-corrected chi connectivity index (χ2v) is 8.89. The normalized spacial score (nSPS) is 16.6. The van der Waals surface area contributed by atoms with Crippen LogP contribution in [0.25, 0.3) is 11.3 Å². The Morgan fingerprint density at radius 1 is 1.28 bits per heavy atom. The van der Waals surface area contributed by atoms with Crippen LogP contribution in [-0.4, -0.2) is 75.8 Å². The molecule has 0 bridgehead atoms. The van der Waals surface area contributed by atoms with E-state index in [9.17, 15) is 14.0 Å². The number of furan rings is 1. The molecule has 1 unspecified atom stereocenters. The molecule has 192 valence electrons. The molecule has 1 saturated heterocycles. The first kappa shape index (κ1) is 25.5. The van der Waals surface area contributed by atoms with Crippen molar-refractivity contribution in [1.29, 1.82) is 0 Å². The first-order chi connectivity index (χ1) is 17.4. The van der Waals surface area contributed by atoms with Gasteiger partial charge in [0.15, 0.2) is 0 Å². The molecule has 0 spiro atoms. The monoisotopic (exact) mass is 499 g/mol. The van der Waals surface area contributed by atoms with Gasteiger partial charge in [0.05, 0.1) is 18.7 Å². The number of ether oxygens (including phenoxy) is 1. The van der Waals surface area contributed by atoms with E-state index < -0.39 is 11.8 Å². The summed E-state index contributed by atoms with van der Waals surface area (Å²) in [7, 11) is 0. The number of nitrogens with one attached hydrogen (secondary N) is 1. The first-order valence-corrected chi connectivity index (χ1v) is 12.0. The van der Waals surface area contributed by atoms with E-state index in [1.807, 2.05) is 0 Å². The van der Waals surface area contributed by atoms with Gasteiger partial charge in [0.2, 0.25) is 11.7 Å². The largest absolute Gasteiger partial charge is 0.475 e. The lowest BCUT2D eigenvalue weighted by Gasteiger charge is -2.21. The Bertz CT molecular complexity index is 1190. The van der Waals surface area contributed by atoms with Gasteiger partial charge in [-0.25, -0.2) is 13.9 Å². The fraction of sp³-hybridized carbons (Fsp3) is 0.440. The van der Waals surface area contributed by atoms with Crippen molar-refractivity contribution in [2.24, 2.45) is 0 Å². The Hall–Kier alpha value is -3.57. The minimum atomic E-state index is -1.15. The molecule has 3 heterocycles. The molecule has 1 aliphatic heterocycles. The molecule has 4 rings (SSSR count). The molecule has 0 radical (unpaired) electrons. The Balaban J connectivity index is 1.25. The van der Waals surface area contributed by atoms with Gasteiger partial charge in [-0.15, -0.1) is 5.10 Å². The fourth-order valence-electron chi connectivity index (χ4n) is 4.14. The van der Waals surface area contributed by atoms with Crippen LogP contribution in [0.5, 0.6) is 0 Å². The summed E-state index contributed by atoms with van der Waals surface area (Å²) in [6.45, 7) is 6.37. The lowest BCUT2D eigenvalue weighted by atomic mass is 10.1. The van der Waals surface area contributed by atoms with E-state index in [1.165, 1.54) is 16.8 Å². The number of aromatic nitrogens is 3. The van der Waals surface area contributed by atoms with Gasteiger partial charge < -0.3 is 24.5 Å². The van der Waals surface area contributed by atoms with Gasteiger partial charge in [0.25, 0.3) is 0 Å². The van der Waals surface area contributed by atoms with Crippen LogP contribution >= 0.6 is 0 Å². The number of rotatable bonds is 10. The van der Waals surface area contributed by atoms with Crippen molar-refractivity contribution in [1.82, 2.24) is 25.2 Å². The van der Waals surface area contributed by atoms with E-state index in [-0.39, 0.29) is 30.7 Å². The maximum atomic E-state index is 14.7. The molecule has 1 aliphatic rings. The standard InChI is InChI=1S/C25H30FN5O5/c1-17-14-30(10-3-11-35-17)9-2-8-27-24(32)13-18-4-5-19(12-21(18)26)22-16-31(29-28-22)15-20-6-7-23(36-20)25(33)34/h4-7,12,16-17H,2-3,8-11,13-15H2,1H3,(H,27,32)(H,33,34). The summed E-state index contributed by atoms with van der Waals surface area (Å²) in [5, 5.41) is 19.9. The van der Waals surface area contributed by atoms with Crippen LogP contribution in [0.2, 0.25) is 0 Å². The summed E-state index contributed by atoms with van der Waals surface area (Å²) in [5.74, 6) is -1.62. The number of benzene rings is 1. The highest BCUT2D eigenvalue weighted by atomic mass is 19.1. The third-order valence-electron chi connectivity index (χ3n) is 5.94. The summed E-state index contributed by atoms with van der Waals surface area (Å²) in [5.41, 5.74) is 1.27. The average Bonchev–Trinajstić information content (AvgIpc) is 3.46. The zero-order valence-corrected chi connectivity index (χ0v) is 20.2. The van der Waals surface area contributed by atoms with Crippen molar-refractivity contribution in [2.45, 2.75) is 38.8 Å². The van der Waals surface area contributed by atoms with E-state index in [0.29, 0.717) is 29.1 Å². The van der Waals surface area contributed by atoms with Gasteiger partial charge >= 0.3 is 5.97 Å². The van der Waals surface area contributed by atoms with Gasteiger partial charge in [0, 0.05) is 31.8 Å². The summed E-state index contributed by atoms with van der Waals surface area (Å²) >= 11 is 0. The number of aromatic carboxylic acids is 1. The summed E-state index contributed by atoms with van der Waals surface area (Å²) < 4.78 is 27.0. The lowest BCUT2D eigenvalue weighted by Crippen LogP contribution is -2.34. The average molecular weight is 500 g/mol. The molecular formula is C25H30FN5O5. The predicted molar refractivity (Wildman–Crippen MR) is 128 cm³/mol. The van der Waals surface area contributed by atoms with Gasteiger partial charge in [-0.3, -0.25) is 4.79 Å². The Morgan fingerprint density at radius 2 is 2.14 bits per heavy atom. The molecule has 0 saturated carbocycles. The number of nitrogens with zero attached hydrogens (tertiary/aromatic N) is 4. The molecule has 11 heteroatoms. The molecule has 0 aliphatic carbocycles. The SMILES string of the molecule is CC1CN(CCCNC(=O)Cc2ccc(-c3cn(Cc4ccc(C(=O)O)o4)nn3)cc2F)CCCO1.